The second-order valence-corrected chi connectivity index (χ2v) is 21.6. The van der Waals surface area contributed by atoms with Crippen molar-refractivity contribution in [3.8, 4) is 0 Å². The Morgan fingerprint density at radius 3 is 0.826 bits per heavy atom. The number of carbonyl (C=O) groups excluding carboxylic acids is 4. The highest BCUT2D eigenvalue weighted by molar-refractivity contribution is 5.69. The molecule has 7 aliphatic heterocycles. The summed E-state index contributed by atoms with van der Waals surface area (Å²) in [5, 5.41) is 36.4. The summed E-state index contributed by atoms with van der Waals surface area (Å²) in [5.74, 6) is 0. The number of nitrogens with one attached hydrogen (secondary N) is 1. The van der Waals surface area contributed by atoms with Gasteiger partial charge in [-0.05, 0) is 27.7 Å². The summed E-state index contributed by atoms with van der Waals surface area (Å²) in [4.78, 5) is 138. The topological polar surface area (TPSA) is 370 Å². The number of aromatic nitrogens is 6. The van der Waals surface area contributed by atoms with Gasteiger partial charge >= 0.3 is 58.5 Å². The molecule has 0 aliphatic carbocycles. The summed E-state index contributed by atoms with van der Waals surface area (Å²) in [6, 6.07) is 0. The van der Waals surface area contributed by atoms with Crippen LogP contribution in [0.15, 0.2) is 28.8 Å². The standard InChI is InChI=1S/C33H57N9O12.C12H15N3O6.C7H14N2O2/c1-4-52-31(49)37-13-7-34(8-14-37)19-25(43)22-40-28(46)41(23-26(44)20-35-9-15-38(16-10-35)32(50)53-5-2)30(48)42(29(40)47)24-27(45)21-36-11-17-39(18-12-36)33(51)54-6-3;16-10-13(1-7-4-19-7)11(17)15(3-9-6-21-9)12(18)14(10)2-8-5-20-8;1-2-11-7(10)9-5-3-8-4-6-9/h25-27,43-45H,4-24H2,1-3H3;7-9H,1-6H2;8H,2-6H2,1H3. The van der Waals surface area contributed by atoms with Crippen molar-refractivity contribution in [1.29, 1.82) is 0 Å². The lowest BCUT2D eigenvalue weighted by molar-refractivity contribution is 0.0474. The zero-order valence-corrected chi connectivity index (χ0v) is 49.7. The zero-order chi connectivity index (χ0) is 62.0. The molecule has 4 N–H and O–H groups in total. The van der Waals surface area contributed by atoms with Crippen LogP contribution in [0.1, 0.15) is 27.7 Å². The minimum Gasteiger partial charge on any atom is -0.450 e. The van der Waals surface area contributed by atoms with Gasteiger partial charge in [0.2, 0.25) is 0 Å². The van der Waals surface area contributed by atoms with Gasteiger partial charge in [0.25, 0.3) is 0 Å². The van der Waals surface area contributed by atoms with Crippen molar-refractivity contribution < 1.29 is 67.7 Å². The molecule has 2 aromatic rings. The van der Waals surface area contributed by atoms with E-state index in [2.05, 4.69) is 5.32 Å². The lowest BCUT2D eigenvalue weighted by Gasteiger charge is -2.35. The van der Waals surface area contributed by atoms with Gasteiger partial charge in [0.15, 0.2) is 0 Å². The molecule has 9 heterocycles. The van der Waals surface area contributed by atoms with Crippen LogP contribution < -0.4 is 39.5 Å². The van der Waals surface area contributed by atoms with Gasteiger partial charge in [-0.2, -0.15) is 0 Å². The summed E-state index contributed by atoms with van der Waals surface area (Å²) in [6.45, 7) is 17.2. The number of epoxide rings is 3. The average Bonchev–Trinajstić information content (AvgIpc) is 2.11. The maximum atomic E-state index is 13.7. The van der Waals surface area contributed by atoms with E-state index in [4.69, 9.17) is 33.2 Å². The Bertz CT molecular complexity index is 2580. The van der Waals surface area contributed by atoms with Crippen LogP contribution in [-0.4, -0.2) is 309 Å². The molecule has 0 aromatic carbocycles. The second-order valence-electron chi connectivity index (χ2n) is 21.6. The highest BCUT2D eigenvalue weighted by atomic mass is 16.6. The lowest BCUT2D eigenvalue weighted by atomic mass is 10.2. The normalized spacial score (nSPS) is 21.6. The van der Waals surface area contributed by atoms with Crippen molar-refractivity contribution in [2.75, 3.05) is 171 Å². The third-order valence-corrected chi connectivity index (χ3v) is 15.1. The minimum atomic E-state index is -1.22. The predicted molar refractivity (Wildman–Crippen MR) is 302 cm³/mol. The Balaban J connectivity index is 0.000000264. The van der Waals surface area contributed by atoms with E-state index in [-0.39, 0.29) is 83.5 Å². The van der Waals surface area contributed by atoms with Crippen LogP contribution in [0.5, 0.6) is 0 Å². The third kappa shape index (κ3) is 19.5. The fraction of sp³-hybridized carbons (Fsp3) is 0.808. The second kappa shape index (κ2) is 32.5. The Hall–Kier alpha value is -6.50. The number of ether oxygens (including phenoxy) is 7. The molecule has 0 saturated carbocycles. The van der Waals surface area contributed by atoms with E-state index in [0.29, 0.717) is 105 Å². The minimum absolute atomic E-state index is 0.0719. The largest absolute Gasteiger partial charge is 0.450 e. The molecule has 7 saturated heterocycles. The Morgan fingerprint density at radius 2 is 0.605 bits per heavy atom. The number of piperazine rings is 4. The SMILES string of the molecule is CCOC(=O)N1CCN(CC(O)Cn2c(=O)n(CC(O)CN3CCN(C(=O)OCC)CC3)c(=O)n(CC(O)CN3CCN(C(=O)OCC)CC3)c2=O)CC1.CCOC(=O)N1CCNCC1.O=c1n(CC2CO2)c(=O)n(CC2CO2)c(=O)n1CC1CO1. The molecule has 7 fully saturated rings. The van der Waals surface area contributed by atoms with Crippen LogP contribution in [0.4, 0.5) is 19.2 Å². The van der Waals surface area contributed by atoms with Gasteiger partial charge in [0.05, 0.1) is 122 Å². The predicted octanol–water partition coefficient (Wildman–Crippen LogP) is -6.01. The zero-order valence-electron chi connectivity index (χ0n) is 49.7. The number of amides is 4. The van der Waals surface area contributed by atoms with Crippen molar-refractivity contribution in [2.45, 2.75) is 104 Å². The van der Waals surface area contributed by atoms with Crippen LogP contribution in [0.25, 0.3) is 0 Å². The van der Waals surface area contributed by atoms with Gasteiger partial charge in [-0.3, -0.25) is 14.7 Å². The molecule has 484 valence electrons. The van der Waals surface area contributed by atoms with Crippen LogP contribution in [-0.2, 0) is 72.4 Å². The van der Waals surface area contributed by atoms with Gasteiger partial charge in [0.1, 0.15) is 0 Å². The quantitative estimate of drug-likeness (QED) is 0.0630. The number of nitrogens with zero attached hydrogens (tertiary/aromatic N) is 13. The number of carbonyl (C=O) groups is 4. The molecule has 86 heavy (non-hydrogen) atoms. The summed E-state index contributed by atoms with van der Waals surface area (Å²) < 4.78 is 40.7. The summed E-state index contributed by atoms with van der Waals surface area (Å²) >= 11 is 0. The number of rotatable bonds is 22. The first-order valence-electron chi connectivity index (χ1n) is 29.6. The van der Waals surface area contributed by atoms with Crippen molar-refractivity contribution in [3.63, 3.8) is 0 Å². The third-order valence-electron chi connectivity index (χ3n) is 15.1. The molecule has 7 aliphatic rings. The first kappa shape index (κ1) is 67.0. The van der Waals surface area contributed by atoms with Crippen LogP contribution in [0.2, 0.25) is 0 Å². The lowest BCUT2D eigenvalue weighted by Crippen LogP contribution is -2.59. The molecular weight excluding hydrogens is 1140 g/mol. The van der Waals surface area contributed by atoms with E-state index in [1.54, 1.807) is 40.4 Å². The van der Waals surface area contributed by atoms with E-state index in [0.717, 1.165) is 53.6 Å². The van der Waals surface area contributed by atoms with E-state index in [9.17, 15) is 63.3 Å². The monoisotopic (exact) mass is 1230 g/mol. The maximum absolute atomic E-state index is 13.7. The average molecular weight is 1230 g/mol. The molecule has 2 aromatic heterocycles. The van der Waals surface area contributed by atoms with Crippen LogP contribution >= 0.6 is 0 Å². The summed E-state index contributed by atoms with van der Waals surface area (Å²) in [6.07, 6.45) is -5.47. The number of hydrogen-bond acceptors (Lipinski definition) is 24. The number of β-amino-alcohol motifs (C(OH)–C–C–N with tert-alkyl or cyclic N) is 3. The summed E-state index contributed by atoms with van der Waals surface area (Å²) in [5.41, 5.74) is -4.81. The Kier molecular flexibility index (Phi) is 25.3. The van der Waals surface area contributed by atoms with Crippen molar-refractivity contribution in [1.82, 2.24) is 67.0 Å². The van der Waals surface area contributed by atoms with Crippen LogP contribution in [0.3, 0.4) is 0 Å². The van der Waals surface area contributed by atoms with Gasteiger partial charge in [-0.1, -0.05) is 0 Å². The highest BCUT2D eigenvalue weighted by Crippen LogP contribution is 2.13. The number of aliphatic hydroxyl groups is 3. The summed E-state index contributed by atoms with van der Waals surface area (Å²) in [7, 11) is 0. The van der Waals surface area contributed by atoms with Gasteiger partial charge < -0.3 is 73.4 Å². The fourth-order valence-corrected chi connectivity index (χ4v) is 10.2. The van der Waals surface area contributed by atoms with Gasteiger partial charge in [-0.25, -0.2) is 75.3 Å². The molecule has 6 unspecified atom stereocenters. The van der Waals surface area contributed by atoms with Crippen LogP contribution in [0, 0.1) is 0 Å². The molecule has 4 amide bonds. The smallest absolute Gasteiger partial charge is 0.409 e. The van der Waals surface area contributed by atoms with E-state index < -0.39 is 90.4 Å². The van der Waals surface area contributed by atoms with Crippen molar-refractivity contribution in [2.24, 2.45) is 0 Å². The fourth-order valence-electron chi connectivity index (χ4n) is 10.2. The molecular formula is C52H86N14O20. The maximum Gasteiger partial charge on any atom is 0.409 e. The van der Waals surface area contributed by atoms with E-state index >= 15 is 0 Å². The van der Waals surface area contributed by atoms with Crippen molar-refractivity contribution >= 4 is 24.4 Å². The molecule has 0 radical (unpaired) electrons. The number of aliphatic hydroxyl groups excluding tert-OH is 3. The number of hydrogen-bond donors (Lipinski definition) is 4. The molecule has 6 atom stereocenters. The molecule has 0 bridgehead atoms. The van der Waals surface area contributed by atoms with Gasteiger partial charge in [0, 0.05) is 124 Å². The Labute approximate surface area is 494 Å². The van der Waals surface area contributed by atoms with Crippen molar-refractivity contribution in [3.05, 3.63) is 62.9 Å². The first-order valence-corrected chi connectivity index (χ1v) is 29.6. The molecule has 34 nitrogen and oxygen atoms in total. The van der Waals surface area contributed by atoms with E-state index in [1.165, 1.54) is 0 Å². The molecule has 34 heteroatoms. The van der Waals surface area contributed by atoms with Gasteiger partial charge in [-0.15, -0.1) is 0 Å². The molecule has 0 spiro atoms. The molecule has 9 rings (SSSR count). The van der Waals surface area contributed by atoms with E-state index in [1.807, 2.05) is 21.6 Å². The Morgan fingerprint density at radius 1 is 0.384 bits per heavy atom. The first-order chi connectivity index (χ1) is 41.3. The highest BCUT2D eigenvalue weighted by Gasteiger charge is 2.33.